The van der Waals surface area contributed by atoms with Crippen LogP contribution in [0.25, 0.3) is 22.6 Å². The molecule has 0 unspecified atom stereocenters. The van der Waals surface area contributed by atoms with E-state index in [2.05, 4.69) is 30.8 Å². The van der Waals surface area contributed by atoms with Crippen molar-refractivity contribution in [2.45, 2.75) is 26.4 Å². The van der Waals surface area contributed by atoms with Crippen LogP contribution in [0.1, 0.15) is 13.3 Å². The highest BCUT2D eigenvalue weighted by Gasteiger charge is 2.22. The number of nitrogens with zero attached hydrogens (tertiary/aromatic N) is 4. The number of aromatic amines is 1. The van der Waals surface area contributed by atoms with E-state index >= 15 is 0 Å². The number of aromatic nitrogens is 4. The third-order valence-corrected chi connectivity index (χ3v) is 5.74. The molecule has 0 amide bonds. The van der Waals surface area contributed by atoms with Crippen molar-refractivity contribution < 1.29 is 9.13 Å². The third-order valence-electron chi connectivity index (χ3n) is 5.25. The predicted octanol–water partition coefficient (Wildman–Crippen LogP) is 2.20. The van der Waals surface area contributed by atoms with Crippen LogP contribution >= 0.6 is 15.9 Å². The van der Waals surface area contributed by atoms with E-state index in [-0.39, 0.29) is 16.7 Å². The van der Waals surface area contributed by atoms with Crippen LogP contribution in [0.5, 0.6) is 0 Å². The number of nitrogens with one attached hydrogen (secondary N) is 1. The number of aryl methyl sites for hydroxylation is 1. The molecule has 0 bridgehead atoms. The number of hydrogen-bond donors (Lipinski definition) is 1. The van der Waals surface area contributed by atoms with Crippen molar-refractivity contribution in [1.82, 2.24) is 24.0 Å². The minimum atomic E-state index is -0.515. The van der Waals surface area contributed by atoms with Crippen molar-refractivity contribution in [1.29, 1.82) is 0 Å². The quantitative estimate of drug-likeness (QED) is 0.585. The number of hydrogen-bond acceptors (Lipinski definition) is 5. The number of morpholine rings is 1. The van der Waals surface area contributed by atoms with E-state index in [9.17, 15) is 14.0 Å². The van der Waals surface area contributed by atoms with E-state index in [1.165, 1.54) is 10.6 Å². The Morgan fingerprint density at radius 2 is 1.93 bits per heavy atom. The normalized spacial score (nSPS) is 15.2. The summed E-state index contributed by atoms with van der Waals surface area (Å²) in [7, 11) is 0. The zero-order valence-electron chi connectivity index (χ0n) is 16.7. The molecule has 160 valence electrons. The summed E-state index contributed by atoms with van der Waals surface area (Å²) in [5.74, 6) is -0.111. The van der Waals surface area contributed by atoms with Gasteiger partial charge in [0.1, 0.15) is 11.6 Å². The van der Waals surface area contributed by atoms with Gasteiger partial charge in [-0.1, -0.05) is 22.9 Å². The van der Waals surface area contributed by atoms with Crippen LogP contribution in [0.3, 0.4) is 0 Å². The molecular formula is C20H23BrFN5O3. The molecule has 0 atom stereocenters. The van der Waals surface area contributed by atoms with Gasteiger partial charge in [0, 0.05) is 37.2 Å². The van der Waals surface area contributed by atoms with Crippen LogP contribution in [0.2, 0.25) is 0 Å². The molecule has 1 aromatic carbocycles. The molecule has 0 aliphatic carbocycles. The number of H-pyrrole nitrogens is 1. The van der Waals surface area contributed by atoms with Crippen molar-refractivity contribution in [3.8, 4) is 11.4 Å². The van der Waals surface area contributed by atoms with Gasteiger partial charge in [0.05, 0.1) is 18.8 Å². The van der Waals surface area contributed by atoms with E-state index in [4.69, 9.17) is 4.74 Å². The average Bonchev–Trinajstić information content (AvgIpc) is 3.11. The third kappa shape index (κ3) is 3.99. The molecule has 4 rings (SSSR count). The van der Waals surface area contributed by atoms with E-state index in [0.29, 0.717) is 49.6 Å². The van der Waals surface area contributed by atoms with Gasteiger partial charge < -0.3 is 9.30 Å². The van der Waals surface area contributed by atoms with Gasteiger partial charge in [0.2, 0.25) is 0 Å². The van der Waals surface area contributed by atoms with Gasteiger partial charge in [-0.25, -0.2) is 14.2 Å². The Hall–Kier alpha value is -2.30. The molecule has 1 aliphatic heterocycles. The van der Waals surface area contributed by atoms with Crippen LogP contribution in [0, 0.1) is 5.82 Å². The van der Waals surface area contributed by atoms with Gasteiger partial charge in [-0.3, -0.25) is 19.2 Å². The summed E-state index contributed by atoms with van der Waals surface area (Å²) in [6.45, 7) is 6.35. The molecule has 3 aromatic rings. The largest absolute Gasteiger partial charge is 0.379 e. The van der Waals surface area contributed by atoms with Crippen LogP contribution < -0.4 is 11.2 Å². The molecule has 1 saturated heterocycles. The monoisotopic (exact) mass is 479 g/mol. The lowest BCUT2D eigenvalue weighted by atomic mass is 10.2. The summed E-state index contributed by atoms with van der Waals surface area (Å²) in [5, 5.41) is 0. The minimum Gasteiger partial charge on any atom is -0.379 e. The van der Waals surface area contributed by atoms with Crippen molar-refractivity contribution in [3.05, 3.63) is 49.3 Å². The van der Waals surface area contributed by atoms with Crippen LogP contribution in [0.15, 0.2) is 32.3 Å². The molecule has 8 nitrogen and oxygen atoms in total. The first-order chi connectivity index (χ1) is 14.5. The van der Waals surface area contributed by atoms with Gasteiger partial charge in [-0.15, -0.1) is 0 Å². The Labute approximate surface area is 180 Å². The smallest absolute Gasteiger partial charge is 0.330 e. The predicted molar refractivity (Wildman–Crippen MR) is 115 cm³/mol. The first kappa shape index (κ1) is 21.0. The zero-order chi connectivity index (χ0) is 21.3. The maximum Gasteiger partial charge on any atom is 0.330 e. The Morgan fingerprint density at radius 1 is 1.17 bits per heavy atom. The van der Waals surface area contributed by atoms with Gasteiger partial charge in [-0.05, 0) is 24.6 Å². The van der Waals surface area contributed by atoms with E-state index in [0.717, 1.165) is 13.1 Å². The summed E-state index contributed by atoms with van der Waals surface area (Å²) in [4.78, 5) is 34.3. The fraction of sp³-hybridized carbons (Fsp3) is 0.450. The number of halogens is 2. The van der Waals surface area contributed by atoms with Crippen LogP contribution in [0.4, 0.5) is 4.39 Å². The maximum absolute atomic E-state index is 14.7. The second-order valence-electron chi connectivity index (χ2n) is 7.25. The molecule has 1 aliphatic rings. The number of ether oxygens (including phenoxy) is 1. The van der Waals surface area contributed by atoms with E-state index in [1.807, 2.05) is 6.92 Å². The first-order valence-corrected chi connectivity index (χ1v) is 10.8. The van der Waals surface area contributed by atoms with Crippen molar-refractivity contribution in [3.63, 3.8) is 0 Å². The Kier molecular flexibility index (Phi) is 6.16. The summed E-state index contributed by atoms with van der Waals surface area (Å²) >= 11 is 3.38. The minimum absolute atomic E-state index is 0.275. The van der Waals surface area contributed by atoms with E-state index in [1.54, 1.807) is 16.7 Å². The Balaban J connectivity index is 1.90. The maximum atomic E-state index is 14.7. The van der Waals surface area contributed by atoms with Crippen molar-refractivity contribution >= 4 is 27.1 Å². The van der Waals surface area contributed by atoms with E-state index < -0.39 is 17.1 Å². The lowest BCUT2D eigenvalue weighted by Crippen LogP contribution is -2.38. The number of rotatable bonds is 6. The lowest BCUT2D eigenvalue weighted by Gasteiger charge is -2.26. The molecule has 10 heteroatoms. The topological polar surface area (TPSA) is 85.2 Å². The standard InChI is InChI=1S/C20H23BrFN5O3/c1-2-5-27-18-16(19(28)24-20(27)29)26(7-6-25-8-10-30-11-9-25)17(23-18)14-12-13(21)3-4-15(14)22/h3-4,12H,2,5-11H2,1H3,(H,24,28,29). The molecule has 1 fully saturated rings. The fourth-order valence-electron chi connectivity index (χ4n) is 3.76. The highest BCUT2D eigenvalue weighted by atomic mass is 79.9. The van der Waals surface area contributed by atoms with Crippen molar-refractivity contribution in [2.24, 2.45) is 0 Å². The van der Waals surface area contributed by atoms with Gasteiger partial charge in [0.15, 0.2) is 11.2 Å². The average molecular weight is 480 g/mol. The molecular weight excluding hydrogens is 457 g/mol. The summed E-state index contributed by atoms with van der Waals surface area (Å²) < 4.78 is 24.0. The highest BCUT2D eigenvalue weighted by molar-refractivity contribution is 9.10. The first-order valence-electron chi connectivity index (χ1n) is 9.98. The second-order valence-corrected chi connectivity index (χ2v) is 8.16. The summed E-state index contributed by atoms with van der Waals surface area (Å²) in [6.07, 6.45) is 0.697. The molecule has 0 radical (unpaired) electrons. The van der Waals surface area contributed by atoms with Crippen molar-refractivity contribution in [2.75, 3.05) is 32.8 Å². The Morgan fingerprint density at radius 3 is 2.67 bits per heavy atom. The highest BCUT2D eigenvalue weighted by Crippen LogP contribution is 2.28. The SMILES string of the molecule is CCCn1c(=O)[nH]c(=O)c2c1nc(-c1cc(Br)ccc1F)n2CCN1CCOCC1. The lowest BCUT2D eigenvalue weighted by molar-refractivity contribution is 0.0365. The number of imidazole rings is 1. The number of benzene rings is 1. The van der Waals surface area contributed by atoms with Gasteiger partial charge in [-0.2, -0.15) is 0 Å². The van der Waals surface area contributed by atoms with Crippen LogP contribution in [-0.2, 0) is 17.8 Å². The molecule has 0 saturated carbocycles. The molecule has 2 aromatic heterocycles. The Bertz CT molecular complexity index is 1180. The molecule has 0 spiro atoms. The summed E-state index contributed by atoms with van der Waals surface area (Å²) in [6, 6.07) is 4.60. The van der Waals surface area contributed by atoms with Crippen LogP contribution in [-0.4, -0.2) is 56.9 Å². The zero-order valence-corrected chi connectivity index (χ0v) is 18.2. The second kappa shape index (κ2) is 8.83. The molecule has 3 heterocycles. The molecule has 30 heavy (non-hydrogen) atoms. The van der Waals surface area contributed by atoms with Gasteiger partial charge in [0.25, 0.3) is 5.56 Å². The molecule has 1 N–H and O–H groups in total. The number of fused-ring (bicyclic) bond motifs is 1. The van der Waals surface area contributed by atoms with Gasteiger partial charge >= 0.3 is 5.69 Å². The summed E-state index contributed by atoms with van der Waals surface area (Å²) in [5.41, 5.74) is -0.183. The fourth-order valence-corrected chi connectivity index (χ4v) is 4.12.